The number of nitrogens with zero attached hydrogens (tertiary/aromatic N) is 1. The van der Waals surface area contributed by atoms with Crippen LogP contribution >= 0.6 is 0 Å². The molecule has 3 aromatic rings. The van der Waals surface area contributed by atoms with Crippen molar-refractivity contribution in [1.29, 1.82) is 0 Å². The topological polar surface area (TPSA) is 78.5 Å². The number of carbonyl (C=O) groups excluding carboxylic acids is 1. The smallest absolute Gasteiger partial charge is 0.244 e. The van der Waals surface area contributed by atoms with Gasteiger partial charge in [0.15, 0.2) is 0 Å². The van der Waals surface area contributed by atoms with E-state index in [2.05, 4.69) is 10.0 Å². The molecule has 3 rings (SSSR count). The Labute approximate surface area is 188 Å². The Kier molecular flexibility index (Phi) is 7.97. The number of anilines is 1. The molecule has 168 valence electrons. The number of likely N-dealkylation sites (N-methyl/N-ethyl adjacent to an activating group) is 1. The summed E-state index contributed by atoms with van der Waals surface area (Å²) in [5, 5.41) is 2.79. The lowest BCUT2D eigenvalue weighted by molar-refractivity contribution is -0.122. The summed E-state index contributed by atoms with van der Waals surface area (Å²) in [6.45, 7) is 0.852. The summed E-state index contributed by atoms with van der Waals surface area (Å²) in [4.78, 5) is 14.4. The van der Waals surface area contributed by atoms with Crippen molar-refractivity contribution < 1.29 is 17.6 Å². The lowest BCUT2D eigenvalue weighted by Gasteiger charge is -2.22. The highest BCUT2D eigenvalue weighted by atomic mass is 32.2. The Morgan fingerprint density at radius 3 is 2.19 bits per heavy atom. The fourth-order valence-corrected chi connectivity index (χ4v) is 4.51. The lowest BCUT2D eigenvalue weighted by atomic mass is 10.1. The van der Waals surface area contributed by atoms with E-state index in [-0.39, 0.29) is 6.42 Å². The number of rotatable bonds is 10. The van der Waals surface area contributed by atoms with Crippen LogP contribution in [0.3, 0.4) is 0 Å². The van der Waals surface area contributed by atoms with E-state index in [1.807, 2.05) is 60.5 Å². The molecule has 0 bridgehead atoms. The Hall–Kier alpha value is -3.23. The molecule has 6 nitrogen and oxygen atoms in total. The van der Waals surface area contributed by atoms with Gasteiger partial charge in [-0.3, -0.25) is 4.79 Å². The summed E-state index contributed by atoms with van der Waals surface area (Å²) >= 11 is 0. The van der Waals surface area contributed by atoms with Gasteiger partial charge in [0.25, 0.3) is 0 Å². The normalized spacial score (nSPS) is 12.2. The number of nitrogens with one attached hydrogen (secondary N) is 2. The van der Waals surface area contributed by atoms with Crippen molar-refractivity contribution in [3.63, 3.8) is 0 Å². The minimum absolute atomic E-state index is 0.134. The quantitative estimate of drug-likeness (QED) is 0.493. The molecule has 0 saturated carbocycles. The van der Waals surface area contributed by atoms with Crippen LogP contribution in [-0.2, 0) is 21.2 Å². The summed E-state index contributed by atoms with van der Waals surface area (Å²) in [7, 11) is -2.33. The lowest BCUT2D eigenvalue weighted by Crippen LogP contribution is -2.49. The van der Waals surface area contributed by atoms with E-state index in [4.69, 9.17) is 0 Å². The van der Waals surface area contributed by atoms with Crippen molar-refractivity contribution in [3.8, 4) is 0 Å². The molecule has 1 amide bonds. The van der Waals surface area contributed by atoms with Gasteiger partial charge in [-0.1, -0.05) is 60.7 Å². The number of halogens is 1. The van der Waals surface area contributed by atoms with E-state index in [0.29, 0.717) is 13.1 Å². The Morgan fingerprint density at radius 2 is 1.53 bits per heavy atom. The monoisotopic (exact) mass is 455 g/mol. The van der Waals surface area contributed by atoms with Crippen LogP contribution in [0.5, 0.6) is 0 Å². The molecule has 8 heteroatoms. The maximum absolute atomic E-state index is 14.1. The molecule has 0 unspecified atom stereocenters. The summed E-state index contributed by atoms with van der Waals surface area (Å²) in [6.07, 6.45) is 0.134. The van der Waals surface area contributed by atoms with Gasteiger partial charge in [-0.15, -0.1) is 0 Å². The van der Waals surface area contributed by atoms with E-state index in [1.165, 1.54) is 18.2 Å². The van der Waals surface area contributed by atoms with Crippen LogP contribution in [0.25, 0.3) is 0 Å². The predicted octanol–water partition coefficient (Wildman–Crippen LogP) is 2.97. The molecule has 0 aliphatic rings. The van der Waals surface area contributed by atoms with Gasteiger partial charge in [-0.2, -0.15) is 4.72 Å². The van der Waals surface area contributed by atoms with Gasteiger partial charge in [-0.05, 0) is 36.2 Å². The molecule has 0 heterocycles. The van der Waals surface area contributed by atoms with Crippen molar-refractivity contribution >= 4 is 21.6 Å². The average molecular weight is 456 g/mol. The van der Waals surface area contributed by atoms with Crippen LogP contribution in [0, 0.1) is 5.82 Å². The minimum Gasteiger partial charge on any atom is -0.373 e. The SMILES string of the molecule is CN(CCNC(=O)[C@H](Cc1ccccc1)NS(=O)(=O)c1ccccc1F)c1ccccc1. The maximum atomic E-state index is 14.1. The zero-order valence-corrected chi connectivity index (χ0v) is 18.6. The van der Waals surface area contributed by atoms with E-state index < -0.39 is 32.7 Å². The first kappa shape index (κ1) is 23.4. The average Bonchev–Trinajstić information content (AvgIpc) is 2.80. The number of hydrogen-bond donors (Lipinski definition) is 2. The molecule has 0 spiro atoms. The third-order valence-electron chi connectivity index (χ3n) is 4.97. The highest BCUT2D eigenvalue weighted by Crippen LogP contribution is 2.15. The highest BCUT2D eigenvalue weighted by molar-refractivity contribution is 7.89. The van der Waals surface area contributed by atoms with Crippen LogP contribution in [0.1, 0.15) is 5.56 Å². The molecule has 0 aromatic heterocycles. The first-order valence-corrected chi connectivity index (χ1v) is 11.7. The molecule has 0 radical (unpaired) electrons. The molecule has 0 aliphatic heterocycles. The van der Waals surface area contributed by atoms with Gasteiger partial charge >= 0.3 is 0 Å². The van der Waals surface area contributed by atoms with Crippen LogP contribution in [0.15, 0.2) is 89.8 Å². The van der Waals surface area contributed by atoms with Gasteiger partial charge < -0.3 is 10.2 Å². The van der Waals surface area contributed by atoms with Crippen molar-refractivity contribution in [1.82, 2.24) is 10.0 Å². The summed E-state index contributed by atoms with van der Waals surface area (Å²) in [6, 6.07) is 22.8. The first-order chi connectivity index (χ1) is 15.4. The molecule has 3 aromatic carbocycles. The van der Waals surface area contributed by atoms with Crippen LogP contribution in [0.4, 0.5) is 10.1 Å². The predicted molar refractivity (Wildman–Crippen MR) is 123 cm³/mol. The molecule has 0 saturated heterocycles. The van der Waals surface area contributed by atoms with Crippen molar-refractivity contribution in [2.24, 2.45) is 0 Å². The summed E-state index contributed by atoms with van der Waals surface area (Å²) < 4.78 is 42.0. The number of para-hydroxylation sites is 1. The van der Waals surface area contributed by atoms with Crippen molar-refractivity contribution in [3.05, 3.63) is 96.3 Å². The zero-order valence-electron chi connectivity index (χ0n) is 17.7. The molecule has 1 atom stereocenters. The molecule has 2 N–H and O–H groups in total. The summed E-state index contributed by atoms with van der Waals surface area (Å²) in [5.74, 6) is -1.35. The Bertz CT molecular complexity index is 1130. The van der Waals surface area contributed by atoms with Crippen LogP contribution in [0.2, 0.25) is 0 Å². The van der Waals surface area contributed by atoms with Gasteiger partial charge in [0.05, 0.1) is 0 Å². The van der Waals surface area contributed by atoms with Crippen molar-refractivity contribution in [2.75, 3.05) is 25.0 Å². The number of benzene rings is 3. The largest absolute Gasteiger partial charge is 0.373 e. The second-order valence-corrected chi connectivity index (χ2v) is 9.02. The number of amides is 1. The van der Waals surface area contributed by atoms with E-state index in [0.717, 1.165) is 17.3 Å². The third kappa shape index (κ3) is 6.38. The van der Waals surface area contributed by atoms with Gasteiger partial charge in [-0.25, -0.2) is 12.8 Å². The molecular formula is C24H26FN3O3S. The maximum Gasteiger partial charge on any atom is 0.244 e. The number of carbonyl (C=O) groups is 1. The van der Waals surface area contributed by atoms with E-state index in [9.17, 15) is 17.6 Å². The van der Waals surface area contributed by atoms with Gasteiger partial charge in [0.1, 0.15) is 16.8 Å². The van der Waals surface area contributed by atoms with E-state index in [1.54, 1.807) is 12.1 Å². The zero-order chi connectivity index (χ0) is 23.0. The Balaban J connectivity index is 1.70. The van der Waals surface area contributed by atoms with E-state index >= 15 is 0 Å². The second kappa shape index (κ2) is 10.9. The molecule has 32 heavy (non-hydrogen) atoms. The number of hydrogen-bond acceptors (Lipinski definition) is 4. The Morgan fingerprint density at radius 1 is 0.938 bits per heavy atom. The van der Waals surface area contributed by atoms with Crippen LogP contribution < -0.4 is 14.9 Å². The van der Waals surface area contributed by atoms with Gasteiger partial charge in [0, 0.05) is 25.8 Å². The molecule has 0 aliphatic carbocycles. The standard InChI is InChI=1S/C24H26FN3O3S/c1-28(20-12-6-3-7-13-20)17-16-26-24(29)22(18-19-10-4-2-5-11-19)27-32(30,31)23-15-9-8-14-21(23)25/h2-15,22,27H,16-18H2,1H3,(H,26,29)/t22-/m0/s1. The fraction of sp³-hybridized carbons (Fsp3) is 0.208. The summed E-state index contributed by atoms with van der Waals surface area (Å²) in [5.41, 5.74) is 1.79. The van der Waals surface area contributed by atoms with Crippen molar-refractivity contribution in [2.45, 2.75) is 17.4 Å². The highest BCUT2D eigenvalue weighted by Gasteiger charge is 2.27. The van der Waals surface area contributed by atoms with Crippen LogP contribution in [-0.4, -0.2) is 40.5 Å². The molecule has 0 fully saturated rings. The van der Waals surface area contributed by atoms with Gasteiger partial charge in [0.2, 0.25) is 15.9 Å². The third-order valence-corrected chi connectivity index (χ3v) is 6.47. The number of sulfonamides is 1. The minimum atomic E-state index is -4.24. The molecular weight excluding hydrogens is 429 g/mol. The fourth-order valence-electron chi connectivity index (χ4n) is 3.23. The first-order valence-electron chi connectivity index (χ1n) is 10.2. The second-order valence-electron chi connectivity index (χ2n) is 7.34.